The van der Waals surface area contributed by atoms with Crippen LogP contribution in [-0.2, 0) is 11.2 Å². The molecule has 0 fully saturated rings. The Morgan fingerprint density at radius 2 is 1.95 bits per heavy atom. The lowest BCUT2D eigenvalue weighted by Gasteiger charge is -2.23. The number of hydrogen-bond donors (Lipinski definition) is 1. The molecule has 1 atom stereocenters. The van der Waals surface area contributed by atoms with Crippen molar-refractivity contribution < 1.29 is 4.79 Å². The van der Waals surface area contributed by atoms with Gasteiger partial charge in [-0.1, -0.05) is 36.4 Å². The van der Waals surface area contributed by atoms with Crippen molar-refractivity contribution in [3.63, 3.8) is 0 Å². The van der Waals surface area contributed by atoms with Gasteiger partial charge in [0, 0.05) is 17.8 Å². The summed E-state index contributed by atoms with van der Waals surface area (Å²) in [5, 5.41) is 5.12. The van der Waals surface area contributed by atoms with Crippen molar-refractivity contribution in [1.29, 1.82) is 0 Å². The van der Waals surface area contributed by atoms with Crippen LogP contribution in [0.1, 0.15) is 22.9 Å². The molecule has 1 unspecified atom stereocenters. The predicted molar refractivity (Wildman–Crippen MR) is 88.5 cm³/mol. The summed E-state index contributed by atoms with van der Waals surface area (Å²) in [5.74, 6) is 0.113. The van der Waals surface area contributed by atoms with Crippen LogP contribution in [0.25, 0.3) is 0 Å². The number of thiophene rings is 1. The fourth-order valence-corrected chi connectivity index (χ4v) is 3.14. The maximum Gasteiger partial charge on any atom is 0.220 e. The molecule has 0 radical (unpaired) electrons. The molecule has 0 aliphatic rings. The van der Waals surface area contributed by atoms with E-state index in [0.29, 0.717) is 13.0 Å². The molecule has 1 heterocycles. The van der Waals surface area contributed by atoms with Gasteiger partial charge in [0.25, 0.3) is 0 Å². The molecular formula is C17H22N2OS. The predicted octanol–water partition coefficient (Wildman–Crippen LogP) is 3.10. The van der Waals surface area contributed by atoms with Crippen molar-refractivity contribution in [2.45, 2.75) is 18.9 Å². The molecule has 2 rings (SSSR count). The monoisotopic (exact) mass is 302 g/mol. The number of nitrogens with one attached hydrogen (secondary N) is 1. The summed E-state index contributed by atoms with van der Waals surface area (Å²) in [7, 11) is 4.08. The van der Waals surface area contributed by atoms with Gasteiger partial charge in [-0.15, -0.1) is 11.3 Å². The molecule has 1 N–H and O–H groups in total. The standard InChI is InChI=1S/C17H22N2OS/c1-19(2)15(16-9-6-12-21-16)13-18-17(20)11-10-14-7-4-3-5-8-14/h3-9,12,15H,10-11,13H2,1-2H3,(H,18,20). The molecule has 1 aromatic carbocycles. The Hall–Kier alpha value is -1.65. The van der Waals surface area contributed by atoms with E-state index in [1.807, 2.05) is 38.4 Å². The quantitative estimate of drug-likeness (QED) is 0.852. The number of amides is 1. The first-order valence-corrected chi connectivity index (χ1v) is 8.05. The van der Waals surface area contributed by atoms with Gasteiger partial charge in [0.15, 0.2) is 0 Å². The highest BCUT2D eigenvalue weighted by Crippen LogP contribution is 2.22. The molecule has 112 valence electrons. The van der Waals surface area contributed by atoms with Crippen molar-refractivity contribution in [1.82, 2.24) is 10.2 Å². The summed E-state index contributed by atoms with van der Waals surface area (Å²) in [4.78, 5) is 15.4. The zero-order chi connectivity index (χ0) is 15.1. The van der Waals surface area contributed by atoms with Gasteiger partial charge in [-0.2, -0.15) is 0 Å². The smallest absolute Gasteiger partial charge is 0.220 e. The summed E-state index contributed by atoms with van der Waals surface area (Å²) in [6.07, 6.45) is 1.33. The molecule has 0 bridgehead atoms. The maximum absolute atomic E-state index is 12.0. The molecular weight excluding hydrogens is 280 g/mol. The van der Waals surface area contributed by atoms with Crippen molar-refractivity contribution in [3.8, 4) is 0 Å². The van der Waals surface area contributed by atoms with Gasteiger partial charge in [-0.05, 0) is 37.5 Å². The minimum absolute atomic E-state index is 0.113. The number of aryl methyl sites for hydroxylation is 1. The second-order valence-electron chi connectivity index (χ2n) is 5.28. The van der Waals surface area contributed by atoms with E-state index in [2.05, 4.69) is 33.8 Å². The molecule has 0 spiro atoms. The second kappa shape index (κ2) is 7.96. The molecule has 2 aromatic rings. The lowest BCUT2D eigenvalue weighted by Crippen LogP contribution is -2.34. The topological polar surface area (TPSA) is 32.3 Å². The van der Waals surface area contributed by atoms with Gasteiger partial charge in [-0.25, -0.2) is 0 Å². The van der Waals surface area contributed by atoms with Crippen LogP contribution in [0.3, 0.4) is 0 Å². The van der Waals surface area contributed by atoms with Crippen LogP contribution in [0.2, 0.25) is 0 Å². The fraction of sp³-hybridized carbons (Fsp3) is 0.353. The van der Waals surface area contributed by atoms with Gasteiger partial charge in [0.05, 0.1) is 6.04 Å². The van der Waals surface area contributed by atoms with E-state index in [4.69, 9.17) is 0 Å². The zero-order valence-electron chi connectivity index (χ0n) is 12.6. The Labute approximate surface area is 130 Å². The molecule has 21 heavy (non-hydrogen) atoms. The van der Waals surface area contributed by atoms with Crippen molar-refractivity contribution in [3.05, 3.63) is 58.3 Å². The molecule has 1 amide bonds. The van der Waals surface area contributed by atoms with E-state index in [9.17, 15) is 4.79 Å². The number of hydrogen-bond acceptors (Lipinski definition) is 3. The highest BCUT2D eigenvalue weighted by atomic mass is 32.1. The third kappa shape index (κ3) is 4.99. The van der Waals surface area contributed by atoms with Crippen LogP contribution in [-0.4, -0.2) is 31.4 Å². The van der Waals surface area contributed by atoms with Crippen LogP contribution in [0.15, 0.2) is 47.8 Å². The van der Waals surface area contributed by atoms with Crippen LogP contribution < -0.4 is 5.32 Å². The normalized spacial score (nSPS) is 12.3. The zero-order valence-corrected chi connectivity index (χ0v) is 13.4. The van der Waals surface area contributed by atoms with Crippen molar-refractivity contribution in [2.75, 3.05) is 20.6 Å². The summed E-state index contributed by atoms with van der Waals surface area (Å²) in [5.41, 5.74) is 1.20. The van der Waals surface area contributed by atoms with Crippen LogP contribution in [0, 0.1) is 0 Å². The van der Waals surface area contributed by atoms with E-state index >= 15 is 0 Å². The highest BCUT2D eigenvalue weighted by Gasteiger charge is 2.15. The number of likely N-dealkylation sites (N-methyl/N-ethyl adjacent to an activating group) is 1. The van der Waals surface area contributed by atoms with E-state index in [-0.39, 0.29) is 11.9 Å². The number of carbonyl (C=O) groups is 1. The lowest BCUT2D eigenvalue weighted by atomic mass is 10.1. The molecule has 0 saturated carbocycles. The minimum Gasteiger partial charge on any atom is -0.354 e. The van der Waals surface area contributed by atoms with Crippen LogP contribution in [0.4, 0.5) is 0 Å². The average molecular weight is 302 g/mol. The summed E-state index contributed by atoms with van der Waals surface area (Å²) < 4.78 is 0. The van der Waals surface area contributed by atoms with Gasteiger partial charge in [-0.3, -0.25) is 4.79 Å². The molecule has 1 aromatic heterocycles. The third-order valence-electron chi connectivity index (χ3n) is 3.47. The van der Waals surface area contributed by atoms with E-state index < -0.39 is 0 Å². The Morgan fingerprint density at radius 1 is 1.19 bits per heavy atom. The molecule has 0 aliphatic heterocycles. The molecule has 3 nitrogen and oxygen atoms in total. The molecule has 4 heteroatoms. The first kappa shape index (κ1) is 15.7. The summed E-state index contributed by atoms with van der Waals surface area (Å²) in [6.45, 7) is 0.654. The summed E-state index contributed by atoms with van der Waals surface area (Å²) in [6, 6.07) is 14.5. The maximum atomic E-state index is 12.0. The number of nitrogens with zero attached hydrogens (tertiary/aromatic N) is 1. The van der Waals surface area contributed by atoms with E-state index in [1.54, 1.807) is 11.3 Å². The van der Waals surface area contributed by atoms with Gasteiger partial charge in [0.2, 0.25) is 5.91 Å². The second-order valence-corrected chi connectivity index (χ2v) is 6.26. The van der Waals surface area contributed by atoms with E-state index in [1.165, 1.54) is 10.4 Å². The van der Waals surface area contributed by atoms with Crippen LogP contribution >= 0.6 is 11.3 Å². The van der Waals surface area contributed by atoms with Gasteiger partial charge < -0.3 is 10.2 Å². The Kier molecular flexibility index (Phi) is 5.96. The number of benzene rings is 1. The van der Waals surface area contributed by atoms with Crippen molar-refractivity contribution >= 4 is 17.2 Å². The number of carbonyl (C=O) groups excluding carboxylic acids is 1. The summed E-state index contributed by atoms with van der Waals surface area (Å²) >= 11 is 1.73. The first-order chi connectivity index (χ1) is 10.2. The Balaban J connectivity index is 1.80. The highest BCUT2D eigenvalue weighted by molar-refractivity contribution is 7.10. The Morgan fingerprint density at radius 3 is 2.57 bits per heavy atom. The largest absolute Gasteiger partial charge is 0.354 e. The van der Waals surface area contributed by atoms with Gasteiger partial charge in [0.1, 0.15) is 0 Å². The third-order valence-corrected chi connectivity index (χ3v) is 4.44. The van der Waals surface area contributed by atoms with E-state index in [0.717, 1.165) is 6.42 Å². The molecule has 0 saturated heterocycles. The lowest BCUT2D eigenvalue weighted by molar-refractivity contribution is -0.121. The fourth-order valence-electron chi connectivity index (χ4n) is 2.22. The molecule has 0 aliphatic carbocycles. The first-order valence-electron chi connectivity index (χ1n) is 7.17. The number of rotatable bonds is 7. The van der Waals surface area contributed by atoms with Crippen LogP contribution in [0.5, 0.6) is 0 Å². The van der Waals surface area contributed by atoms with Crippen molar-refractivity contribution in [2.24, 2.45) is 0 Å². The van der Waals surface area contributed by atoms with Gasteiger partial charge >= 0.3 is 0 Å². The SMILES string of the molecule is CN(C)C(CNC(=O)CCc1ccccc1)c1cccs1. The minimum atomic E-state index is 0.113. The Bertz CT molecular complexity index is 537. The average Bonchev–Trinajstić information content (AvgIpc) is 3.00.